The molecule has 4 aromatic carbocycles. The van der Waals surface area contributed by atoms with Crippen molar-refractivity contribution in [2.45, 2.75) is 12.5 Å². The van der Waals surface area contributed by atoms with Gasteiger partial charge in [-0.25, -0.2) is 9.80 Å². The third kappa shape index (κ3) is 4.63. The molecule has 0 aromatic heterocycles. The van der Waals surface area contributed by atoms with Crippen LogP contribution >= 0.6 is 0 Å². The predicted molar refractivity (Wildman–Crippen MR) is 137 cm³/mol. The highest BCUT2D eigenvalue weighted by atomic mass is 16.5. The molecule has 0 unspecified atom stereocenters. The zero-order valence-corrected chi connectivity index (χ0v) is 19.6. The number of carbonyl (C=O) groups excluding carboxylic acids is 1. The molecule has 1 amide bonds. The molecule has 1 heterocycles. The number of carboxylic acids is 1. The number of aromatic carboxylic acids is 1. The first-order chi connectivity index (χ1) is 17.5. The Labute approximate surface area is 208 Å². The van der Waals surface area contributed by atoms with Gasteiger partial charge in [0, 0.05) is 6.42 Å². The number of para-hydroxylation sites is 1. The van der Waals surface area contributed by atoms with E-state index in [0.717, 1.165) is 33.4 Å². The Kier molecular flexibility index (Phi) is 6.36. The quantitative estimate of drug-likeness (QED) is 0.388. The maximum Gasteiger partial charge on any atom is 0.339 e. The van der Waals surface area contributed by atoms with Crippen LogP contribution in [0.1, 0.15) is 33.9 Å². The van der Waals surface area contributed by atoms with E-state index in [1.807, 2.05) is 54.6 Å². The topological polar surface area (TPSA) is 88.4 Å². The molecule has 1 aliphatic heterocycles. The van der Waals surface area contributed by atoms with Crippen LogP contribution in [0, 0.1) is 0 Å². The van der Waals surface area contributed by atoms with Gasteiger partial charge in [0.15, 0.2) is 6.61 Å². The van der Waals surface area contributed by atoms with Gasteiger partial charge >= 0.3 is 5.97 Å². The average molecular weight is 481 g/mol. The molecule has 1 aliphatic rings. The summed E-state index contributed by atoms with van der Waals surface area (Å²) in [5, 5.41) is 17.8. The molecule has 7 nitrogen and oxygen atoms in total. The zero-order chi connectivity index (χ0) is 25.1. The third-order valence-corrected chi connectivity index (χ3v) is 6.22. The van der Waals surface area contributed by atoms with Gasteiger partial charge in [0.2, 0.25) is 0 Å². The smallest absolute Gasteiger partial charge is 0.339 e. The maximum absolute atomic E-state index is 13.3. The Hall–Kier alpha value is -4.65. The van der Waals surface area contributed by atoms with Crippen LogP contribution in [0.25, 0.3) is 10.8 Å². The maximum atomic E-state index is 13.3. The third-order valence-electron chi connectivity index (χ3n) is 6.22. The fraction of sp³-hybridized carbons (Fsp3) is 0.138. The number of methoxy groups -OCH3 is 1. The van der Waals surface area contributed by atoms with E-state index >= 15 is 0 Å². The van der Waals surface area contributed by atoms with E-state index in [-0.39, 0.29) is 29.9 Å². The van der Waals surface area contributed by atoms with Gasteiger partial charge in [-0.2, -0.15) is 5.10 Å². The molecular formula is C29H24N2O5. The van der Waals surface area contributed by atoms with Gasteiger partial charge in [-0.05, 0) is 52.2 Å². The van der Waals surface area contributed by atoms with Gasteiger partial charge in [0.1, 0.15) is 17.1 Å². The molecule has 1 atom stereocenters. The van der Waals surface area contributed by atoms with E-state index in [0.29, 0.717) is 6.42 Å². The van der Waals surface area contributed by atoms with Crippen molar-refractivity contribution in [3.8, 4) is 11.5 Å². The number of carbonyl (C=O) groups is 2. The summed E-state index contributed by atoms with van der Waals surface area (Å²) in [5.41, 5.74) is 2.65. The van der Waals surface area contributed by atoms with Gasteiger partial charge in [0.25, 0.3) is 5.91 Å². The molecular weight excluding hydrogens is 456 g/mol. The molecule has 5 rings (SSSR count). The van der Waals surface area contributed by atoms with Crippen LogP contribution < -0.4 is 9.47 Å². The zero-order valence-electron chi connectivity index (χ0n) is 19.6. The van der Waals surface area contributed by atoms with Crippen molar-refractivity contribution in [1.82, 2.24) is 5.01 Å². The number of benzene rings is 4. The van der Waals surface area contributed by atoms with Crippen LogP contribution in [0.15, 0.2) is 96.1 Å². The average Bonchev–Trinajstić information content (AvgIpc) is 3.37. The van der Waals surface area contributed by atoms with Gasteiger partial charge < -0.3 is 14.6 Å². The van der Waals surface area contributed by atoms with Crippen LogP contribution in [0.4, 0.5) is 0 Å². The van der Waals surface area contributed by atoms with Crippen LogP contribution in [0.3, 0.4) is 0 Å². The standard InChI is InChI=1S/C29H24N2O5/c1-35-23-14-12-20(13-15-23)26-17-25(22-11-10-19-6-2-3-7-21(19)16-22)30-31(26)28(32)18-36-27-9-5-4-8-24(27)29(33)34/h2-16,26H,17-18H2,1H3,(H,33,34)/t26-/m1/s1. The minimum atomic E-state index is -1.12. The largest absolute Gasteiger partial charge is 0.497 e. The fourth-order valence-corrected chi connectivity index (χ4v) is 4.34. The van der Waals surface area contributed by atoms with Gasteiger partial charge in [0.05, 0.1) is 18.9 Å². The molecule has 0 fully saturated rings. The molecule has 0 spiro atoms. The van der Waals surface area contributed by atoms with Crippen molar-refractivity contribution in [3.63, 3.8) is 0 Å². The SMILES string of the molecule is COc1ccc([C@H]2CC(c3ccc4ccccc4c3)=NN2C(=O)COc2ccccc2C(=O)O)cc1. The minimum Gasteiger partial charge on any atom is -0.497 e. The van der Waals surface area contributed by atoms with Gasteiger partial charge in [-0.1, -0.05) is 60.7 Å². The van der Waals surface area contributed by atoms with Crippen molar-refractivity contribution in [3.05, 3.63) is 108 Å². The Balaban J connectivity index is 1.44. The number of hydrazone groups is 1. The molecule has 0 radical (unpaired) electrons. The highest BCUT2D eigenvalue weighted by molar-refractivity contribution is 6.05. The molecule has 0 aliphatic carbocycles. The van der Waals surface area contributed by atoms with Crippen LogP contribution in [-0.2, 0) is 4.79 Å². The number of fused-ring (bicyclic) bond motifs is 1. The van der Waals surface area contributed by atoms with Crippen LogP contribution in [0.2, 0.25) is 0 Å². The Bertz CT molecular complexity index is 1460. The minimum absolute atomic E-state index is 0.00113. The summed E-state index contributed by atoms with van der Waals surface area (Å²) in [6, 6.07) is 27.7. The van der Waals surface area contributed by atoms with E-state index in [2.05, 4.69) is 12.1 Å². The van der Waals surface area contributed by atoms with Gasteiger partial charge in [-0.3, -0.25) is 4.79 Å². The summed E-state index contributed by atoms with van der Waals surface area (Å²) >= 11 is 0. The molecule has 36 heavy (non-hydrogen) atoms. The summed E-state index contributed by atoms with van der Waals surface area (Å²) in [6.45, 7) is -0.342. The molecule has 180 valence electrons. The lowest BCUT2D eigenvalue weighted by molar-refractivity contribution is -0.135. The van der Waals surface area contributed by atoms with Crippen molar-refractivity contribution in [2.24, 2.45) is 5.10 Å². The number of amides is 1. The summed E-state index contributed by atoms with van der Waals surface area (Å²) in [7, 11) is 1.60. The normalized spacial score (nSPS) is 15.0. The number of rotatable bonds is 7. The Morgan fingerprint density at radius 3 is 2.42 bits per heavy atom. The molecule has 7 heteroatoms. The number of carboxylic acid groups (broad SMARTS) is 1. The molecule has 1 N–H and O–H groups in total. The Morgan fingerprint density at radius 2 is 1.67 bits per heavy atom. The number of hydrogen-bond donors (Lipinski definition) is 1. The lowest BCUT2D eigenvalue weighted by Crippen LogP contribution is -2.31. The first-order valence-electron chi connectivity index (χ1n) is 11.5. The van der Waals surface area contributed by atoms with E-state index < -0.39 is 5.97 Å². The lowest BCUT2D eigenvalue weighted by atomic mass is 9.97. The monoisotopic (exact) mass is 480 g/mol. The van der Waals surface area contributed by atoms with Crippen LogP contribution in [0.5, 0.6) is 11.5 Å². The number of hydrogen-bond acceptors (Lipinski definition) is 5. The van der Waals surface area contributed by atoms with E-state index in [4.69, 9.17) is 14.6 Å². The molecule has 4 aromatic rings. The first-order valence-corrected chi connectivity index (χ1v) is 11.5. The highest BCUT2D eigenvalue weighted by Gasteiger charge is 2.33. The predicted octanol–water partition coefficient (Wildman–Crippen LogP) is 5.30. The van der Waals surface area contributed by atoms with E-state index in [1.54, 1.807) is 19.2 Å². The second-order valence-corrected chi connectivity index (χ2v) is 8.43. The van der Waals surface area contributed by atoms with E-state index in [1.165, 1.54) is 17.1 Å². The molecule has 0 saturated carbocycles. The van der Waals surface area contributed by atoms with E-state index in [9.17, 15) is 14.7 Å². The number of nitrogens with zero attached hydrogens (tertiary/aromatic N) is 2. The molecule has 0 bridgehead atoms. The fourth-order valence-electron chi connectivity index (χ4n) is 4.34. The first kappa shape index (κ1) is 23.1. The lowest BCUT2D eigenvalue weighted by Gasteiger charge is -2.22. The highest BCUT2D eigenvalue weighted by Crippen LogP contribution is 2.34. The van der Waals surface area contributed by atoms with Crippen molar-refractivity contribution in [2.75, 3.05) is 13.7 Å². The van der Waals surface area contributed by atoms with Crippen molar-refractivity contribution >= 4 is 28.4 Å². The second-order valence-electron chi connectivity index (χ2n) is 8.43. The summed E-state index contributed by atoms with van der Waals surface area (Å²) in [5.74, 6) is -0.630. The summed E-state index contributed by atoms with van der Waals surface area (Å²) < 4.78 is 10.9. The van der Waals surface area contributed by atoms with Crippen molar-refractivity contribution in [1.29, 1.82) is 0 Å². The summed E-state index contributed by atoms with van der Waals surface area (Å²) in [4.78, 5) is 24.8. The van der Waals surface area contributed by atoms with Gasteiger partial charge in [-0.15, -0.1) is 0 Å². The summed E-state index contributed by atoms with van der Waals surface area (Å²) in [6.07, 6.45) is 0.530. The molecule has 0 saturated heterocycles. The Morgan fingerprint density at radius 1 is 0.944 bits per heavy atom. The second kappa shape index (κ2) is 9.92. The number of ether oxygens (including phenoxy) is 2. The van der Waals surface area contributed by atoms with Crippen LogP contribution in [-0.4, -0.2) is 41.4 Å². The van der Waals surface area contributed by atoms with Crippen molar-refractivity contribution < 1.29 is 24.2 Å².